The van der Waals surface area contributed by atoms with E-state index in [-0.39, 0.29) is 11.9 Å². The SMILES string of the molecule is O=C(CCc1ccncc1)NC1CCN(c2cnccn2)CC1. The molecule has 1 amide bonds. The Bertz CT molecular complexity index is 611. The molecule has 2 aromatic heterocycles. The summed E-state index contributed by atoms with van der Waals surface area (Å²) in [4.78, 5) is 26.7. The van der Waals surface area contributed by atoms with E-state index in [1.165, 1.54) is 0 Å². The fourth-order valence-electron chi connectivity index (χ4n) is 2.81. The molecule has 1 fully saturated rings. The third-order valence-electron chi connectivity index (χ3n) is 4.12. The lowest BCUT2D eigenvalue weighted by molar-refractivity contribution is -0.121. The van der Waals surface area contributed by atoms with E-state index in [1.807, 2.05) is 12.1 Å². The van der Waals surface area contributed by atoms with Gasteiger partial charge in [-0.05, 0) is 37.0 Å². The normalized spacial score (nSPS) is 15.4. The van der Waals surface area contributed by atoms with Gasteiger partial charge in [0.1, 0.15) is 5.82 Å². The standard InChI is InChI=1S/C17H21N5O/c23-17(2-1-14-3-7-18-8-4-14)21-15-5-11-22(12-6-15)16-13-19-9-10-20-16/h3-4,7-10,13,15H,1-2,5-6,11-12H2,(H,21,23). The first-order chi connectivity index (χ1) is 11.3. The van der Waals surface area contributed by atoms with E-state index < -0.39 is 0 Å². The number of nitrogens with zero attached hydrogens (tertiary/aromatic N) is 4. The molecule has 0 unspecified atom stereocenters. The summed E-state index contributed by atoms with van der Waals surface area (Å²) >= 11 is 0. The van der Waals surface area contributed by atoms with Crippen molar-refractivity contribution in [2.75, 3.05) is 18.0 Å². The van der Waals surface area contributed by atoms with Gasteiger partial charge in [-0.15, -0.1) is 0 Å². The third-order valence-corrected chi connectivity index (χ3v) is 4.12. The number of piperidine rings is 1. The Morgan fingerprint density at radius 1 is 1.13 bits per heavy atom. The molecule has 0 bridgehead atoms. The van der Waals surface area contributed by atoms with Crippen LogP contribution in [0.2, 0.25) is 0 Å². The summed E-state index contributed by atoms with van der Waals surface area (Å²) in [6.07, 6.45) is 11.9. The maximum Gasteiger partial charge on any atom is 0.220 e. The van der Waals surface area contributed by atoms with Gasteiger partial charge in [0.05, 0.1) is 6.20 Å². The van der Waals surface area contributed by atoms with Crippen LogP contribution in [-0.2, 0) is 11.2 Å². The van der Waals surface area contributed by atoms with Crippen LogP contribution in [0.15, 0.2) is 43.1 Å². The Kier molecular flexibility index (Phi) is 5.13. The lowest BCUT2D eigenvalue weighted by Gasteiger charge is -2.32. The highest BCUT2D eigenvalue weighted by Gasteiger charge is 2.21. The lowest BCUT2D eigenvalue weighted by Crippen LogP contribution is -2.45. The third kappa shape index (κ3) is 4.48. The molecule has 1 saturated heterocycles. The average molecular weight is 311 g/mol. The van der Waals surface area contributed by atoms with Gasteiger partial charge in [-0.25, -0.2) is 4.98 Å². The monoisotopic (exact) mass is 311 g/mol. The number of amides is 1. The van der Waals surface area contributed by atoms with Crippen LogP contribution in [0, 0.1) is 0 Å². The summed E-state index contributed by atoms with van der Waals surface area (Å²) in [6.45, 7) is 1.79. The second-order valence-corrected chi connectivity index (χ2v) is 5.75. The van der Waals surface area contributed by atoms with Gasteiger partial charge in [-0.2, -0.15) is 0 Å². The molecule has 0 atom stereocenters. The maximum absolute atomic E-state index is 12.1. The van der Waals surface area contributed by atoms with Crippen molar-refractivity contribution in [3.8, 4) is 0 Å². The fourth-order valence-corrected chi connectivity index (χ4v) is 2.81. The Labute approximate surface area is 136 Å². The van der Waals surface area contributed by atoms with E-state index in [2.05, 4.69) is 25.2 Å². The van der Waals surface area contributed by atoms with Gasteiger partial charge in [0.2, 0.25) is 5.91 Å². The number of aryl methyl sites for hydroxylation is 1. The zero-order chi connectivity index (χ0) is 15.9. The molecule has 0 spiro atoms. The minimum absolute atomic E-state index is 0.125. The number of aromatic nitrogens is 3. The summed E-state index contributed by atoms with van der Waals surface area (Å²) in [5, 5.41) is 3.14. The smallest absolute Gasteiger partial charge is 0.220 e. The van der Waals surface area contributed by atoms with Gasteiger partial charge in [0.25, 0.3) is 0 Å². The number of anilines is 1. The second-order valence-electron chi connectivity index (χ2n) is 5.75. The molecular weight excluding hydrogens is 290 g/mol. The second kappa shape index (κ2) is 7.67. The van der Waals surface area contributed by atoms with E-state index in [1.54, 1.807) is 31.0 Å². The summed E-state index contributed by atoms with van der Waals surface area (Å²) < 4.78 is 0. The highest BCUT2D eigenvalue weighted by molar-refractivity contribution is 5.76. The zero-order valence-electron chi connectivity index (χ0n) is 13.1. The molecule has 6 nitrogen and oxygen atoms in total. The number of carbonyl (C=O) groups excluding carboxylic acids is 1. The Morgan fingerprint density at radius 3 is 2.61 bits per heavy atom. The molecule has 1 aliphatic rings. The van der Waals surface area contributed by atoms with Crippen molar-refractivity contribution in [3.05, 3.63) is 48.7 Å². The molecule has 0 aromatic carbocycles. The van der Waals surface area contributed by atoms with Crippen LogP contribution in [0.25, 0.3) is 0 Å². The van der Waals surface area contributed by atoms with Crippen molar-refractivity contribution in [3.63, 3.8) is 0 Å². The minimum Gasteiger partial charge on any atom is -0.355 e. The molecule has 3 rings (SSSR count). The van der Waals surface area contributed by atoms with Crippen LogP contribution in [0.3, 0.4) is 0 Å². The summed E-state index contributed by atoms with van der Waals surface area (Å²) in [7, 11) is 0. The number of nitrogens with one attached hydrogen (secondary N) is 1. The van der Waals surface area contributed by atoms with E-state index in [4.69, 9.17) is 0 Å². The number of rotatable bonds is 5. The van der Waals surface area contributed by atoms with Crippen LogP contribution in [-0.4, -0.2) is 40.0 Å². The first-order valence-corrected chi connectivity index (χ1v) is 8.00. The number of pyridine rings is 1. The largest absolute Gasteiger partial charge is 0.355 e. The Balaban J connectivity index is 1.41. The number of hydrogen-bond acceptors (Lipinski definition) is 5. The maximum atomic E-state index is 12.1. The zero-order valence-corrected chi connectivity index (χ0v) is 13.1. The van der Waals surface area contributed by atoms with Crippen molar-refractivity contribution >= 4 is 11.7 Å². The van der Waals surface area contributed by atoms with Gasteiger partial charge in [-0.1, -0.05) is 0 Å². The van der Waals surface area contributed by atoms with Crippen molar-refractivity contribution in [1.29, 1.82) is 0 Å². The molecule has 6 heteroatoms. The number of carbonyl (C=O) groups is 1. The van der Waals surface area contributed by atoms with E-state index in [9.17, 15) is 4.79 Å². The minimum atomic E-state index is 0.125. The van der Waals surface area contributed by atoms with Gasteiger partial charge >= 0.3 is 0 Å². The molecule has 0 radical (unpaired) electrons. The van der Waals surface area contributed by atoms with Gasteiger partial charge in [0, 0.05) is 50.3 Å². The van der Waals surface area contributed by atoms with Crippen LogP contribution >= 0.6 is 0 Å². The van der Waals surface area contributed by atoms with Crippen molar-refractivity contribution < 1.29 is 4.79 Å². The molecular formula is C17H21N5O. The summed E-state index contributed by atoms with van der Waals surface area (Å²) in [6, 6.07) is 4.16. The highest BCUT2D eigenvalue weighted by Crippen LogP contribution is 2.16. The lowest BCUT2D eigenvalue weighted by atomic mass is 10.0. The Hall–Kier alpha value is -2.50. The van der Waals surface area contributed by atoms with Crippen molar-refractivity contribution in [2.45, 2.75) is 31.7 Å². The van der Waals surface area contributed by atoms with Crippen LogP contribution in [0.1, 0.15) is 24.8 Å². The summed E-state index contributed by atoms with van der Waals surface area (Å²) in [5.41, 5.74) is 1.15. The van der Waals surface area contributed by atoms with E-state index in [0.29, 0.717) is 6.42 Å². The molecule has 120 valence electrons. The van der Waals surface area contributed by atoms with E-state index in [0.717, 1.165) is 43.7 Å². The van der Waals surface area contributed by atoms with Crippen LogP contribution in [0.4, 0.5) is 5.82 Å². The summed E-state index contributed by atoms with van der Waals surface area (Å²) in [5.74, 6) is 1.04. The van der Waals surface area contributed by atoms with Crippen molar-refractivity contribution in [2.24, 2.45) is 0 Å². The first-order valence-electron chi connectivity index (χ1n) is 8.00. The van der Waals surface area contributed by atoms with Gasteiger partial charge in [0.15, 0.2) is 0 Å². The molecule has 2 aromatic rings. The number of hydrogen-bond donors (Lipinski definition) is 1. The van der Waals surface area contributed by atoms with Gasteiger partial charge in [-0.3, -0.25) is 14.8 Å². The Morgan fingerprint density at radius 2 is 1.91 bits per heavy atom. The van der Waals surface area contributed by atoms with Crippen LogP contribution < -0.4 is 10.2 Å². The highest BCUT2D eigenvalue weighted by atomic mass is 16.1. The predicted octanol–water partition coefficient (Wildman–Crippen LogP) is 1.59. The molecule has 0 saturated carbocycles. The quantitative estimate of drug-likeness (QED) is 0.908. The molecule has 0 aliphatic carbocycles. The fraction of sp³-hybridized carbons (Fsp3) is 0.412. The average Bonchev–Trinajstić information content (AvgIpc) is 2.62. The molecule has 1 N–H and O–H groups in total. The predicted molar refractivity (Wildman–Crippen MR) is 88.0 cm³/mol. The van der Waals surface area contributed by atoms with Crippen LogP contribution in [0.5, 0.6) is 0 Å². The molecule has 23 heavy (non-hydrogen) atoms. The van der Waals surface area contributed by atoms with Gasteiger partial charge < -0.3 is 10.2 Å². The first kappa shape index (κ1) is 15.4. The van der Waals surface area contributed by atoms with E-state index >= 15 is 0 Å². The molecule has 1 aliphatic heterocycles. The molecule has 3 heterocycles. The topological polar surface area (TPSA) is 71.0 Å². The van der Waals surface area contributed by atoms with Crippen molar-refractivity contribution in [1.82, 2.24) is 20.3 Å².